The Labute approximate surface area is 104 Å². The summed E-state index contributed by atoms with van der Waals surface area (Å²) in [5.41, 5.74) is 0.340. The third-order valence-electron chi connectivity index (χ3n) is 2.79. The van der Waals surface area contributed by atoms with Gasteiger partial charge in [0.25, 0.3) is 0 Å². The van der Waals surface area contributed by atoms with Gasteiger partial charge in [0.15, 0.2) is 0 Å². The van der Waals surface area contributed by atoms with Crippen molar-refractivity contribution in [2.24, 2.45) is 0 Å². The molecule has 0 fully saturated rings. The molecule has 1 unspecified atom stereocenters. The summed E-state index contributed by atoms with van der Waals surface area (Å²) in [6.07, 6.45) is 0.370. The van der Waals surface area contributed by atoms with E-state index in [0.717, 1.165) is 12.1 Å². The highest BCUT2D eigenvalue weighted by Crippen LogP contribution is 2.36. The second-order valence-corrected chi connectivity index (χ2v) is 5.20. The lowest BCUT2D eigenvalue weighted by Crippen LogP contribution is -2.22. The normalized spacial score (nSPS) is 18.7. The van der Waals surface area contributed by atoms with Crippen LogP contribution in [0.4, 0.5) is 3.89 Å². The lowest BCUT2D eigenvalue weighted by Gasteiger charge is -2.24. The average molecular weight is 274 g/mol. The van der Waals surface area contributed by atoms with Gasteiger partial charge in [0, 0.05) is 5.56 Å². The molecular weight excluding hydrogens is 263 g/mol. The molecule has 0 spiro atoms. The van der Waals surface area contributed by atoms with E-state index >= 15 is 0 Å². The lowest BCUT2D eigenvalue weighted by molar-refractivity contribution is -0.143. The van der Waals surface area contributed by atoms with Crippen molar-refractivity contribution in [1.29, 1.82) is 0 Å². The fraction of sp³-hybridized carbons (Fsp3) is 0.364. The van der Waals surface area contributed by atoms with E-state index in [4.69, 9.17) is 4.74 Å². The van der Waals surface area contributed by atoms with Crippen LogP contribution in [0.1, 0.15) is 17.9 Å². The van der Waals surface area contributed by atoms with Crippen molar-refractivity contribution in [3.05, 3.63) is 23.8 Å². The molecule has 7 heteroatoms. The highest BCUT2D eigenvalue weighted by molar-refractivity contribution is 7.86. The van der Waals surface area contributed by atoms with Crippen molar-refractivity contribution in [3.63, 3.8) is 0 Å². The van der Waals surface area contributed by atoms with Crippen molar-refractivity contribution in [1.82, 2.24) is 0 Å². The summed E-state index contributed by atoms with van der Waals surface area (Å²) in [5, 5.41) is 0. The van der Waals surface area contributed by atoms with Crippen LogP contribution in [0.3, 0.4) is 0 Å². The Balaban J connectivity index is 2.51. The zero-order valence-corrected chi connectivity index (χ0v) is 10.4. The minimum atomic E-state index is -4.80. The van der Waals surface area contributed by atoms with Crippen molar-refractivity contribution in [3.8, 4) is 5.75 Å². The van der Waals surface area contributed by atoms with Crippen LogP contribution >= 0.6 is 0 Å². The number of halogens is 1. The van der Waals surface area contributed by atoms with E-state index < -0.39 is 27.0 Å². The molecule has 0 saturated heterocycles. The summed E-state index contributed by atoms with van der Waals surface area (Å²) in [6.45, 7) is 0.328. The number of fused-ring (bicyclic) bond motifs is 1. The Bertz CT molecular complexity index is 581. The summed E-state index contributed by atoms with van der Waals surface area (Å²) < 4.78 is 44.5. The predicted octanol–water partition coefficient (Wildman–Crippen LogP) is 1.38. The van der Waals surface area contributed by atoms with Gasteiger partial charge in [-0.05, 0) is 24.6 Å². The van der Waals surface area contributed by atoms with Gasteiger partial charge >= 0.3 is 16.2 Å². The maximum atomic E-state index is 12.9. The first-order chi connectivity index (χ1) is 8.43. The van der Waals surface area contributed by atoms with E-state index in [1.54, 1.807) is 0 Å². The van der Waals surface area contributed by atoms with Gasteiger partial charge < -0.3 is 9.47 Å². The molecule has 98 valence electrons. The molecule has 1 heterocycles. The standard InChI is InChI=1S/C11H11FO5S/c1-16-11(13)8-4-5-17-10-3-2-7(6-9(8)10)18(12,14)15/h2-3,6,8H,4-5H2,1H3. The van der Waals surface area contributed by atoms with Gasteiger partial charge in [0.2, 0.25) is 0 Å². The third kappa shape index (κ3) is 2.31. The molecule has 0 aromatic heterocycles. The van der Waals surface area contributed by atoms with E-state index in [0.29, 0.717) is 24.3 Å². The Morgan fingerprint density at radius 2 is 2.22 bits per heavy atom. The van der Waals surface area contributed by atoms with Crippen LogP contribution in [-0.4, -0.2) is 28.1 Å². The molecular formula is C11H11FO5S. The molecule has 0 saturated carbocycles. The Kier molecular flexibility index (Phi) is 3.25. The number of carbonyl (C=O) groups is 1. The van der Waals surface area contributed by atoms with E-state index in [1.165, 1.54) is 13.2 Å². The smallest absolute Gasteiger partial charge is 0.332 e. The summed E-state index contributed by atoms with van der Waals surface area (Å²) in [5.74, 6) is -0.738. The number of esters is 1. The first kappa shape index (κ1) is 12.8. The Hall–Kier alpha value is -1.63. The third-order valence-corrected chi connectivity index (χ3v) is 3.61. The van der Waals surface area contributed by atoms with Gasteiger partial charge in [0.1, 0.15) is 5.75 Å². The van der Waals surface area contributed by atoms with Crippen LogP contribution in [0.5, 0.6) is 5.75 Å². The molecule has 18 heavy (non-hydrogen) atoms. The van der Waals surface area contributed by atoms with E-state index in [-0.39, 0.29) is 0 Å². The predicted molar refractivity (Wildman–Crippen MR) is 59.6 cm³/mol. The van der Waals surface area contributed by atoms with Crippen LogP contribution in [-0.2, 0) is 19.8 Å². The molecule has 1 aromatic carbocycles. The maximum Gasteiger partial charge on any atom is 0.332 e. The van der Waals surface area contributed by atoms with Crippen LogP contribution in [0.2, 0.25) is 0 Å². The second-order valence-electron chi connectivity index (χ2n) is 3.85. The summed E-state index contributed by atoms with van der Waals surface area (Å²) in [6, 6.07) is 3.57. The van der Waals surface area contributed by atoms with Crippen LogP contribution in [0.25, 0.3) is 0 Å². The number of benzene rings is 1. The van der Waals surface area contributed by atoms with Gasteiger partial charge in [0.05, 0.1) is 24.5 Å². The van der Waals surface area contributed by atoms with E-state index in [1.807, 2.05) is 0 Å². The average Bonchev–Trinajstić information content (AvgIpc) is 2.35. The molecule has 1 aliphatic rings. The number of carbonyl (C=O) groups excluding carboxylic acids is 1. The summed E-state index contributed by atoms with van der Waals surface area (Å²) >= 11 is 0. The topological polar surface area (TPSA) is 69.7 Å². The zero-order valence-electron chi connectivity index (χ0n) is 9.55. The molecule has 2 rings (SSSR count). The first-order valence-electron chi connectivity index (χ1n) is 5.22. The minimum Gasteiger partial charge on any atom is -0.493 e. The number of ether oxygens (including phenoxy) is 2. The van der Waals surface area contributed by atoms with Gasteiger partial charge in [-0.1, -0.05) is 0 Å². The zero-order chi connectivity index (χ0) is 13.3. The Morgan fingerprint density at radius 3 is 2.83 bits per heavy atom. The quantitative estimate of drug-likeness (QED) is 0.602. The lowest BCUT2D eigenvalue weighted by atomic mass is 9.93. The van der Waals surface area contributed by atoms with Gasteiger partial charge in [-0.2, -0.15) is 8.42 Å². The fourth-order valence-corrected chi connectivity index (χ4v) is 2.41. The number of hydrogen-bond donors (Lipinski definition) is 0. The SMILES string of the molecule is COC(=O)C1CCOc2ccc(S(=O)(=O)F)cc21. The van der Waals surface area contributed by atoms with Crippen molar-refractivity contribution >= 4 is 16.2 Å². The monoisotopic (exact) mass is 274 g/mol. The van der Waals surface area contributed by atoms with Gasteiger partial charge in [-0.25, -0.2) is 0 Å². The molecule has 0 aliphatic carbocycles. The first-order valence-corrected chi connectivity index (χ1v) is 6.61. The number of rotatable bonds is 2. The largest absolute Gasteiger partial charge is 0.493 e. The molecule has 0 bridgehead atoms. The molecule has 1 atom stereocenters. The summed E-state index contributed by atoms with van der Waals surface area (Å²) in [4.78, 5) is 11.1. The number of methoxy groups -OCH3 is 1. The fourth-order valence-electron chi connectivity index (χ4n) is 1.91. The minimum absolute atomic E-state index is 0.328. The van der Waals surface area contributed by atoms with Gasteiger partial charge in [-0.15, -0.1) is 3.89 Å². The molecule has 0 radical (unpaired) electrons. The molecule has 0 N–H and O–H groups in total. The van der Waals surface area contributed by atoms with E-state index in [9.17, 15) is 17.1 Å². The molecule has 0 amide bonds. The van der Waals surface area contributed by atoms with Crippen LogP contribution in [0, 0.1) is 0 Å². The van der Waals surface area contributed by atoms with Crippen LogP contribution in [0.15, 0.2) is 23.1 Å². The van der Waals surface area contributed by atoms with Crippen molar-refractivity contribution in [2.45, 2.75) is 17.2 Å². The second kappa shape index (κ2) is 4.56. The summed E-state index contributed by atoms with van der Waals surface area (Å²) in [7, 11) is -3.56. The maximum absolute atomic E-state index is 12.9. The van der Waals surface area contributed by atoms with Gasteiger partial charge in [-0.3, -0.25) is 4.79 Å². The van der Waals surface area contributed by atoms with E-state index in [2.05, 4.69) is 4.74 Å². The number of hydrogen-bond acceptors (Lipinski definition) is 5. The Morgan fingerprint density at radius 1 is 1.50 bits per heavy atom. The van der Waals surface area contributed by atoms with Crippen molar-refractivity contribution < 1.29 is 26.6 Å². The molecule has 1 aromatic rings. The van der Waals surface area contributed by atoms with Crippen molar-refractivity contribution in [2.75, 3.05) is 13.7 Å². The highest BCUT2D eigenvalue weighted by atomic mass is 32.3. The van der Waals surface area contributed by atoms with Crippen LogP contribution < -0.4 is 4.74 Å². The molecule has 1 aliphatic heterocycles. The molecule has 5 nitrogen and oxygen atoms in total. The highest BCUT2D eigenvalue weighted by Gasteiger charge is 2.30.